The Morgan fingerprint density at radius 2 is 2.00 bits per heavy atom. The van der Waals surface area contributed by atoms with E-state index in [1.165, 1.54) is 18.1 Å². The van der Waals surface area contributed by atoms with Gasteiger partial charge in [-0.25, -0.2) is 4.79 Å². The normalized spacial score (nSPS) is 9.38. The number of amides is 1. The van der Waals surface area contributed by atoms with Crippen LogP contribution >= 0.6 is 0 Å². The first-order chi connectivity index (χ1) is 7.61. The summed E-state index contributed by atoms with van der Waals surface area (Å²) in [6.07, 6.45) is 1.19. The van der Waals surface area contributed by atoms with Crippen LogP contribution in [0.15, 0.2) is 36.9 Å². The minimum Gasteiger partial charge on any atom is -0.465 e. The molecule has 1 amide bonds. The molecule has 0 atom stereocenters. The quantitative estimate of drug-likeness (QED) is 0.573. The van der Waals surface area contributed by atoms with E-state index in [-0.39, 0.29) is 5.91 Å². The topological polar surface area (TPSA) is 46.6 Å². The smallest absolute Gasteiger partial charge is 0.339 e. The minimum absolute atomic E-state index is 0.281. The Kier molecular flexibility index (Phi) is 3.83. The van der Waals surface area contributed by atoms with Crippen molar-refractivity contribution in [1.29, 1.82) is 0 Å². The van der Waals surface area contributed by atoms with Crippen LogP contribution in [0.4, 0.5) is 5.69 Å². The van der Waals surface area contributed by atoms with E-state index in [1.54, 1.807) is 31.3 Å². The number of esters is 1. The standard InChI is InChI=1S/C12H13NO3/c1-4-11(14)13(2)10-8-6-5-7-9(10)12(15)16-3/h4-8H,1H2,2-3H3. The van der Waals surface area contributed by atoms with E-state index in [2.05, 4.69) is 11.3 Å². The maximum atomic E-state index is 11.5. The van der Waals surface area contributed by atoms with Crippen molar-refractivity contribution in [3.63, 3.8) is 0 Å². The number of carbonyl (C=O) groups is 2. The first-order valence-electron chi connectivity index (χ1n) is 4.69. The zero-order chi connectivity index (χ0) is 12.1. The second-order valence-corrected chi connectivity index (χ2v) is 3.11. The molecule has 0 bridgehead atoms. The monoisotopic (exact) mass is 219 g/mol. The van der Waals surface area contributed by atoms with Gasteiger partial charge in [-0.1, -0.05) is 18.7 Å². The van der Waals surface area contributed by atoms with Crippen LogP contribution in [0.1, 0.15) is 10.4 Å². The highest BCUT2D eigenvalue weighted by molar-refractivity contribution is 6.05. The van der Waals surface area contributed by atoms with Gasteiger partial charge in [0.25, 0.3) is 0 Å². The molecule has 16 heavy (non-hydrogen) atoms. The lowest BCUT2D eigenvalue weighted by Crippen LogP contribution is -2.25. The molecule has 4 nitrogen and oxygen atoms in total. The van der Waals surface area contributed by atoms with Crippen molar-refractivity contribution in [1.82, 2.24) is 0 Å². The summed E-state index contributed by atoms with van der Waals surface area (Å²) < 4.78 is 4.64. The van der Waals surface area contributed by atoms with Crippen LogP contribution in [-0.4, -0.2) is 26.0 Å². The summed E-state index contributed by atoms with van der Waals surface area (Å²) in [5, 5.41) is 0. The fourth-order valence-corrected chi connectivity index (χ4v) is 1.30. The molecule has 4 heteroatoms. The van der Waals surface area contributed by atoms with Gasteiger partial charge in [0.15, 0.2) is 0 Å². The number of ether oxygens (including phenoxy) is 1. The number of hydrogen-bond acceptors (Lipinski definition) is 3. The molecule has 0 saturated heterocycles. The summed E-state index contributed by atoms with van der Waals surface area (Å²) in [5.41, 5.74) is 0.849. The number of likely N-dealkylation sites (N-methyl/N-ethyl adjacent to an activating group) is 1. The first kappa shape index (κ1) is 12.0. The summed E-state index contributed by atoms with van der Waals surface area (Å²) in [6.45, 7) is 3.39. The minimum atomic E-state index is -0.473. The van der Waals surface area contributed by atoms with E-state index in [0.717, 1.165) is 0 Å². The third-order valence-corrected chi connectivity index (χ3v) is 2.18. The van der Waals surface area contributed by atoms with Gasteiger partial charge in [0.2, 0.25) is 5.91 Å². The lowest BCUT2D eigenvalue weighted by atomic mass is 10.1. The van der Waals surface area contributed by atoms with E-state index in [4.69, 9.17) is 0 Å². The zero-order valence-electron chi connectivity index (χ0n) is 9.27. The van der Waals surface area contributed by atoms with Gasteiger partial charge in [0.1, 0.15) is 0 Å². The molecule has 0 spiro atoms. The number of methoxy groups -OCH3 is 1. The van der Waals surface area contributed by atoms with E-state index >= 15 is 0 Å². The second kappa shape index (κ2) is 5.11. The fourth-order valence-electron chi connectivity index (χ4n) is 1.30. The highest BCUT2D eigenvalue weighted by Gasteiger charge is 2.16. The number of hydrogen-bond donors (Lipinski definition) is 0. The average Bonchev–Trinajstić information content (AvgIpc) is 2.35. The molecular formula is C12H13NO3. The van der Waals surface area contributed by atoms with Crippen molar-refractivity contribution in [2.75, 3.05) is 19.1 Å². The Labute approximate surface area is 94.1 Å². The van der Waals surface area contributed by atoms with Gasteiger partial charge in [0.05, 0.1) is 18.4 Å². The van der Waals surface area contributed by atoms with E-state index in [0.29, 0.717) is 11.3 Å². The van der Waals surface area contributed by atoms with Crippen LogP contribution in [0, 0.1) is 0 Å². The predicted molar refractivity (Wildman–Crippen MR) is 61.4 cm³/mol. The van der Waals surface area contributed by atoms with Crippen molar-refractivity contribution >= 4 is 17.6 Å². The maximum absolute atomic E-state index is 11.5. The maximum Gasteiger partial charge on any atom is 0.339 e. The average molecular weight is 219 g/mol. The molecule has 0 radical (unpaired) electrons. The lowest BCUT2D eigenvalue weighted by Gasteiger charge is -2.17. The molecule has 0 aromatic heterocycles. The molecule has 0 aliphatic carbocycles. The molecule has 0 heterocycles. The summed E-state index contributed by atoms with van der Waals surface area (Å²) in [6, 6.07) is 6.73. The third kappa shape index (κ3) is 2.28. The number of carbonyl (C=O) groups excluding carboxylic acids is 2. The molecule has 0 aliphatic rings. The summed E-state index contributed by atoms with van der Waals surface area (Å²) in [7, 11) is 2.88. The Bertz CT molecular complexity index is 426. The van der Waals surface area contributed by atoms with Crippen molar-refractivity contribution in [3.8, 4) is 0 Å². The first-order valence-corrected chi connectivity index (χ1v) is 4.69. The number of para-hydroxylation sites is 1. The molecule has 1 aromatic rings. The predicted octanol–water partition coefficient (Wildman–Crippen LogP) is 1.62. The molecule has 0 fully saturated rings. The van der Waals surface area contributed by atoms with Crippen molar-refractivity contribution in [2.24, 2.45) is 0 Å². The second-order valence-electron chi connectivity index (χ2n) is 3.11. The molecular weight excluding hydrogens is 206 g/mol. The van der Waals surface area contributed by atoms with E-state index < -0.39 is 5.97 Å². The van der Waals surface area contributed by atoms with E-state index in [9.17, 15) is 9.59 Å². The van der Waals surface area contributed by atoms with Crippen LogP contribution in [0.3, 0.4) is 0 Å². The van der Waals surface area contributed by atoms with Gasteiger partial charge in [-0.05, 0) is 18.2 Å². The number of anilines is 1. The Balaban J connectivity index is 3.17. The van der Waals surface area contributed by atoms with Crippen LogP contribution in [0.5, 0.6) is 0 Å². The van der Waals surface area contributed by atoms with E-state index in [1.807, 2.05) is 0 Å². The molecule has 0 unspecified atom stereocenters. The van der Waals surface area contributed by atoms with Crippen LogP contribution < -0.4 is 4.90 Å². The highest BCUT2D eigenvalue weighted by atomic mass is 16.5. The molecule has 84 valence electrons. The fraction of sp³-hybridized carbons (Fsp3) is 0.167. The third-order valence-electron chi connectivity index (χ3n) is 2.18. The number of benzene rings is 1. The van der Waals surface area contributed by atoms with Gasteiger partial charge in [-0.2, -0.15) is 0 Å². The summed E-state index contributed by atoms with van der Waals surface area (Å²) in [5.74, 6) is -0.754. The van der Waals surface area contributed by atoms with Crippen molar-refractivity contribution < 1.29 is 14.3 Å². The zero-order valence-corrected chi connectivity index (χ0v) is 9.27. The lowest BCUT2D eigenvalue weighted by molar-refractivity contribution is -0.113. The Morgan fingerprint density at radius 3 is 2.56 bits per heavy atom. The Morgan fingerprint density at radius 1 is 1.38 bits per heavy atom. The van der Waals surface area contributed by atoms with Gasteiger partial charge < -0.3 is 9.64 Å². The molecule has 0 aliphatic heterocycles. The number of nitrogens with zero attached hydrogens (tertiary/aromatic N) is 1. The summed E-state index contributed by atoms with van der Waals surface area (Å²) >= 11 is 0. The summed E-state index contributed by atoms with van der Waals surface area (Å²) in [4.78, 5) is 24.2. The van der Waals surface area contributed by atoms with Crippen LogP contribution in [0.25, 0.3) is 0 Å². The molecule has 0 N–H and O–H groups in total. The molecule has 1 rings (SSSR count). The van der Waals surface area contributed by atoms with Crippen molar-refractivity contribution in [2.45, 2.75) is 0 Å². The molecule has 1 aromatic carbocycles. The highest BCUT2D eigenvalue weighted by Crippen LogP contribution is 2.20. The van der Waals surface area contributed by atoms with Gasteiger partial charge in [-0.15, -0.1) is 0 Å². The SMILES string of the molecule is C=CC(=O)N(C)c1ccccc1C(=O)OC. The van der Waals surface area contributed by atoms with Crippen LogP contribution in [-0.2, 0) is 9.53 Å². The molecule has 0 saturated carbocycles. The van der Waals surface area contributed by atoms with Gasteiger partial charge >= 0.3 is 5.97 Å². The van der Waals surface area contributed by atoms with Gasteiger partial charge in [0, 0.05) is 7.05 Å². The number of rotatable bonds is 3. The largest absolute Gasteiger partial charge is 0.465 e. The van der Waals surface area contributed by atoms with Crippen LogP contribution in [0.2, 0.25) is 0 Å². The van der Waals surface area contributed by atoms with Crippen molar-refractivity contribution in [3.05, 3.63) is 42.5 Å². The Hall–Kier alpha value is -2.10. The van der Waals surface area contributed by atoms with Gasteiger partial charge in [-0.3, -0.25) is 4.79 Å².